The molecule has 7 nitrogen and oxygen atoms in total. The average Bonchev–Trinajstić information content (AvgIpc) is 3.35. The molecule has 1 saturated heterocycles. The molecule has 2 aromatic carbocycles. The van der Waals surface area contributed by atoms with Crippen molar-refractivity contribution in [3.63, 3.8) is 0 Å². The van der Waals surface area contributed by atoms with E-state index in [1.165, 1.54) is 23.6 Å². The van der Waals surface area contributed by atoms with E-state index in [2.05, 4.69) is 10.6 Å². The lowest BCUT2D eigenvalue weighted by atomic mass is 9.53. The van der Waals surface area contributed by atoms with Gasteiger partial charge < -0.3 is 10.6 Å². The molecule has 2 amide bonds. The number of rotatable bonds is 6. The molecule has 4 aliphatic carbocycles. The standard InChI is InChI=1S/C28H33N3O4S/c32-26(30-28-16-19-12-20(17-28)14-21(13-19)18-28)22-6-4-7-23(15-22)29-27(33)25-10-5-11-31(25)36(34,35)24-8-2-1-3-9-24/h1-4,6-9,15,19-21,25H,5,10-14,16-18H2,(H,29,33)(H,30,32). The van der Waals surface area contributed by atoms with Gasteiger partial charge in [0.2, 0.25) is 15.9 Å². The van der Waals surface area contributed by atoms with Gasteiger partial charge in [-0.1, -0.05) is 24.3 Å². The lowest BCUT2D eigenvalue weighted by molar-refractivity contribution is -0.119. The number of hydrogen-bond donors (Lipinski definition) is 2. The largest absolute Gasteiger partial charge is 0.347 e. The number of sulfonamides is 1. The Hall–Kier alpha value is -2.71. The summed E-state index contributed by atoms with van der Waals surface area (Å²) in [6.07, 6.45) is 8.26. The summed E-state index contributed by atoms with van der Waals surface area (Å²) in [5, 5.41) is 6.25. The van der Waals surface area contributed by atoms with Gasteiger partial charge in [-0.15, -0.1) is 0 Å². The van der Waals surface area contributed by atoms with Gasteiger partial charge in [0, 0.05) is 23.3 Å². The Kier molecular flexibility index (Phi) is 5.91. The lowest BCUT2D eigenvalue weighted by Gasteiger charge is -2.56. The third-order valence-electron chi connectivity index (χ3n) is 8.67. The average molecular weight is 508 g/mol. The van der Waals surface area contributed by atoms with E-state index in [1.54, 1.807) is 54.6 Å². The summed E-state index contributed by atoms with van der Waals surface area (Å²) in [7, 11) is -3.76. The highest BCUT2D eigenvalue weighted by Crippen LogP contribution is 2.55. The molecule has 36 heavy (non-hydrogen) atoms. The first kappa shape index (κ1) is 23.7. The maximum Gasteiger partial charge on any atom is 0.251 e. The van der Waals surface area contributed by atoms with Crippen LogP contribution in [0.2, 0.25) is 0 Å². The molecule has 2 N–H and O–H groups in total. The van der Waals surface area contributed by atoms with Crippen molar-refractivity contribution in [3.8, 4) is 0 Å². The minimum absolute atomic E-state index is 0.0821. The van der Waals surface area contributed by atoms with Crippen molar-refractivity contribution in [2.45, 2.75) is 67.8 Å². The second kappa shape index (κ2) is 8.99. The Bertz CT molecular complexity index is 1240. The molecule has 0 aromatic heterocycles. The number of anilines is 1. The first-order chi connectivity index (χ1) is 17.3. The zero-order valence-corrected chi connectivity index (χ0v) is 21.2. The minimum Gasteiger partial charge on any atom is -0.347 e. The van der Waals surface area contributed by atoms with Crippen LogP contribution in [0.25, 0.3) is 0 Å². The van der Waals surface area contributed by atoms with Crippen LogP contribution >= 0.6 is 0 Å². The number of carbonyl (C=O) groups excluding carboxylic acids is 2. The Balaban J connectivity index is 1.15. The highest BCUT2D eigenvalue weighted by Gasteiger charge is 2.51. The zero-order valence-electron chi connectivity index (χ0n) is 20.4. The van der Waals surface area contributed by atoms with Crippen LogP contribution < -0.4 is 10.6 Å². The normalized spacial score (nSPS) is 31.3. The minimum atomic E-state index is -3.76. The zero-order chi connectivity index (χ0) is 24.9. The quantitative estimate of drug-likeness (QED) is 0.613. The molecule has 5 aliphatic rings. The molecule has 1 unspecified atom stereocenters. The van der Waals surface area contributed by atoms with Gasteiger partial charge in [-0.2, -0.15) is 4.31 Å². The predicted octanol–water partition coefficient (Wildman–Crippen LogP) is 4.18. The Morgan fingerprint density at radius 2 is 1.56 bits per heavy atom. The van der Waals surface area contributed by atoms with Crippen molar-refractivity contribution < 1.29 is 18.0 Å². The third-order valence-corrected chi connectivity index (χ3v) is 10.6. The fraction of sp³-hybridized carbons (Fsp3) is 0.500. The van der Waals surface area contributed by atoms with E-state index in [1.807, 2.05) is 0 Å². The Morgan fingerprint density at radius 3 is 2.22 bits per heavy atom. The van der Waals surface area contributed by atoms with E-state index in [9.17, 15) is 18.0 Å². The highest BCUT2D eigenvalue weighted by atomic mass is 32.2. The number of hydrogen-bond acceptors (Lipinski definition) is 4. The summed E-state index contributed by atoms with van der Waals surface area (Å²) in [5.41, 5.74) is 0.937. The second-order valence-electron chi connectivity index (χ2n) is 11.3. The van der Waals surface area contributed by atoms with E-state index >= 15 is 0 Å². The lowest BCUT2D eigenvalue weighted by Crippen LogP contribution is -2.59. The van der Waals surface area contributed by atoms with Gasteiger partial charge in [0.1, 0.15) is 6.04 Å². The van der Waals surface area contributed by atoms with Crippen molar-refractivity contribution in [2.24, 2.45) is 17.8 Å². The molecule has 0 radical (unpaired) electrons. The number of amides is 2. The van der Waals surface area contributed by atoms with Gasteiger partial charge >= 0.3 is 0 Å². The van der Waals surface area contributed by atoms with Gasteiger partial charge in [0.25, 0.3) is 5.91 Å². The van der Waals surface area contributed by atoms with Crippen LogP contribution in [0.5, 0.6) is 0 Å². The summed E-state index contributed by atoms with van der Waals surface area (Å²) in [6, 6.07) is 14.4. The van der Waals surface area contributed by atoms with Crippen LogP contribution in [-0.4, -0.2) is 42.7 Å². The van der Waals surface area contributed by atoms with Gasteiger partial charge in [0.15, 0.2) is 0 Å². The molecule has 8 heteroatoms. The topological polar surface area (TPSA) is 95.6 Å². The molecule has 4 saturated carbocycles. The number of nitrogens with one attached hydrogen (secondary N) is 2. The maximum absolute atomic E-state index is 13.3. The first-order valence-electron chi connectivity index (χ1n) is 13.1. The first-order valence-corrected chi connectivity index (χ1v) is 14.6. The van der Waals surface area contributed by atoms with Gasteiger partial charge in [0.05, 0.1) is 4.90 Å². The van der Waals surface area contributed by atoms with Crippen molar-refractivity contribution in [3.05, 3.63) is 60.2 Å². The van der Waals surface area contributed by atoms with Crippen LogP contribution in [0.15, 0.2) is 59.5 Å². The van der Waals surface area contributed by atoms with E-state index in [0.29, 0.717) is 30.6 Å². The van der Waals surface area contributed by atoms with Gasteiger partial charge in [-0.3, -0.25) is 9.59 Å². The highest BCUT2D eigenvalue weighted by molar-refractivity contribution is 7.89. The molecular formula is C28H33N3O4S. The number of carbonyl (C=O) groups is 2. The fourth-order valence-corrected chi connectivity index (χ4v) is 9.24. The molecule has 5 fully saturated rings. The van der Waals surface area contributed by atoms with Crippen LogP contribution in [0, 0.1) is 17.8 Å². The van der Waals surface area contributed by atoms with E-state index in [-0.39, 0.29) is 22.2 Å². The third kappa shape index (κ3) is 4.34. The predicted molar refractivity (Wildman–Crippen MR) is 137 cm³/mol. The van der Waals surface area contributed by atoms with Crippen molar-refractivity contribution in [1.82, 2.24) is 9.62 Å². The number of benzene rings is 2. The van der Waals surface area contributed by atoms with E-state index < -0.39 is 16.1 Å². The smallest absolute Gasteiger partial charge is 0.251 e. The van der Waals surface area contributed by atoms with Gasteiger partial charge in [-0.05, 0) is 99.5 Å². The maximum atomic E-state index is 13.3. The fourth-order valence-electron chi connectivity index (χ4n) is 7.56. The molecule has 2 aromatic rings. The SMILES string of the molecule is O=C(NC12CC3CC(CC(C3)C1)C2)c1cccc(NC(=O)C2CCCN2S(=O)(=O)c2ccccc2)c1. The van der Waals surface area contributed by atoms with Crippen LogP contribution in [0.3, 0.4) is 0 Å². The molecule has 7 rings (SSSR count). The van der Waals surface area contributed by atoms with Crippen molar-refractivity contribution >= 4 is 27.5 Å². The summed E-state index contributed by atoms with van der Waals surface area (Å²) in [5.74, 6) is 1.75. The molecule has 1 atom stereocenters. The summed E-state index contributed by atoms with van der Waals surface area (Å²) in [4.78, 5) is 26.6. The summed E-state index contributed by atoms with van der Waals surface area (Å²) in [6.45, 7) is 0.308. The molecule has 1 aliphatic heterocycles. The van der Waals surface area contributed by atoms with Gasteiger partial charge in [-0.25, -0.2) is 8.42 Å². The van der Waals surface area contributed by atoms with Crippen molar-refractivity contribution in [2.75, 3.05) is 11.9 Å². The van der Waals surface area contributed by atoms with Crippen LogP contribution in [0.1, 0.15) is 61.7 Å². The van der Waals surface area contributed by atoms with Crippen molar-refractivity contribution in [1.29, 1.82) is 0 Å². The molecule has 190 valence electrons. The molecule has 0 spiro atoms. The Morgan fingerprint density at radius 1 is 0.889 bits per heavy atom. The molecule has 1 heterocycles. The van der Waals surface area contributed by atoms with Crippen LogP contribution in [0.4, 0.5) is 5.69 Å². The van der Waals surface area contributed by atoms with E-state index in [0.717, 1.165) is 37.0 Å². The Labute approximate surface area is 212 Å². The van der Waals surface area contributed by atoms with E-state index in [4.69, 9.17) is 0 Å². The molecular weight excluding hydrogens is 474 g/mol. The number of nitrogens with zero attached hydrogens (tertiary/aromatic N) is 1. The monoisotopic (exact) mass is 507 g/mol. The summed E-state index contributed by atoms with van der Waals surface area (Å²) < 4.78 is 27.6. The van der Waals surface area contributed by atoms with Crippen LogP contribution in [-0.2, 0) is 14.8 Å². The molecule has 4 bridgehead atoms. The second-order valence-corrected chi connectivity index (χ2v) is 13.2. The summed E-state index contributed by atoms with van der Waals surface area (Å²) >= 11 is 0.